The maximum absolute atomic E-state index is 12.8. The number of benzene rings is 1. The van der Waals surface area contributed by atoms with Crippen LogP contribution in [-0.2, 0) is 0 Å². The highest BCUT2D eigenvalue weighted by molar-refractivity contribution is 9.10. The summed E-state index contributed by atoms with van der Waals surface area (Å²) in [6.07, 6.45) is 0. The summed E-state index contributed by atoms with van der Waals surface area (Å²) in [5.41, 5.74) is -0.596. The number of halogens is 2. The van der Waals surface area contributed by atoms with Crippen molar-refractivity contribution >= 4 is 34.2 Å². The predicted octanol–water partition coefficient (Wildman–Crippen LogP) is 2.79. The van der Waals surface area contributed by atoms with E-state index < -0.39 is 16.4 Å². The topological polar surface area (TPSA) is 43.1 Å². The molecule has 1 aromatic carbocycles. The molecular weight excluding hydrogens is 249 g/mol. The highest BCUT2D eigenvalue weighted by Gasteiger charge is 2.18. The van der Waals surface area contributed by atoms with E-state index >= 15 is 0 Å². The second kappa shape index (κ2) is 3.40. The third-order valence-corrected chi connectivity index (χ3v) is 1.99. The zero-order chi connectivity index (χ0) is 9.30. The highest BCUT2D eigenvalue weighted by atomic mass is 79.9. The van der Waals surface area contributed by atoms with Crippen LogP contribution in [-0.4, -0.2) is 4.92 Å². The van der Waals surface area contributed by atoms with Gasteiger partial charge in [-0.3, -0.25) is 10.1 Å². The number of rotatable bonds is 1. The largest absolute Gasteiger partial charge is 0.318 e. The average molecular weight is 252 g/mol. The maximum Gasteiger partial charge on any atom is 0.318 e. The normalized spacial score (nSPS) is 9.92. The van der Waals surface area contributed by atoms with E-state index in [9.17, 15) is 14.5 Å². The molecule has 0 atom stereocenters. The Morgan fingerprint density at radius 2 is 2.17 bits per heavy atom. The van der Waals surface area contributed by atoms with Crippen molar-refractivity contribution < 1.29 is 9.31 Å². The lowest BCUT2D eigenvalue weighted by molar-refractivity contribution is -0.390. The fourth-order valence-corrected chi connectivity index (χ4v) is 1.67. The highest BCUT2D eigenvalue weighted by Crippen LogP contribution is 2.29. The molecule has 6 heteroatoms. The van der Waals surface area contributed by atoms with Crippen LogP contribution in [0.2, 0.25) is 0 Å². The van der Waals surface area contributed by atoms with Gasteiger partial charge in [0.05, 0.1) is 9.82 Å². The van der Waals surface area contributed by atoms with Gasteiger partial charge in [-0.25, -0.2) is 0 Å². The van der Waals surface area contributed by atoms with Crippen molar-refractivity contribution in [3.8, 4) is 0 Å². The van der Waals surface area contributed by atoms with Crippen LogP contribution >= 0.6 is 28.6 Å². The van der Waals surface area contributed by atoms with E-state index in [1.807, 2.05) is 0 Å². The summed E-state index contributed by atoms with van der Waals surface area (Å²) in [5.74, 6) is -0.889. The van der Waals surface area contributed by atoms with Crippen molar-refractivity contribution in [2.75, 3.05) is 0 Å². The van der Waals surface area contributed by atoms with Gasteiger partial charge in [0.25, 0.3) is 0 Å². The Morgan fingerprint density at radius 3 is 2.58 bits per heavy atom. The van der Waals surface area contributed by atoms with Crippen molar-refractivity contribution in [1.29, 1.82) is 0 Å². The first-order valence-electron chi connectivity index (χ1n) is 2.85. The van der Waals surface area contributed by atoms with Crippen LogP contribution in [0.25, 0.3) is 0 Å². The number of nitro benzene ring substituents is 1. The smallest absolute Gasteiger partial charge is 0.258 e. The molecule has 0 aromatic heterocycles. The Bertz CT molecular complexity index is 321. The van der Waals surface area contributed by atoms with E-state index in [4.69, 9.17) is 0 Å². The van der Waals surface area contributed by atoms with E-state index in [1.165, 1.54) is 6.07 Å². The Kier molecular flexibility index (Phi) is 2.69. The molecule has 12 heavy (non-hydrogen) atoms. The quantitative estimate of drug-likeness (QED) is 0.474. The van der Waals surface area contributed by atoms with Gasteiger partial charge in [-0.15, -0.1) is 12.6 Å². The molecule has 0 heterocycles. The lowest BCUT2D eigenvalue weighted by Gasteiger charge is -1.97. The minimum atomic E-state index is -0.889. The predicted molar refractivity (Wildman–Crippen MR) is 48.0 cm³/mol. The first kappa shape index (κ1) is 9.47. The number of hydrogen-bond acceptors (Lipinski definition) is 3. The van der Waals surface area contributed by atoms with Crippen molar-refractivity contribution in [1.82, 2.24) is 0 Å². The molecule has 0 amide bonds. The van der Waals surface area contributed by atoms with Gasteiger partial charge in [0.2, 0.25) is 5.82 Å². The fraction of sp³-hybridized carbons (Fsp3) is 0. The molecule has 0 unspecified atom stereocenters. The molecule has 1 rings (SSSR count). The number of hydrogen-bond donors (Lipinski definition) is 1. The third-order valence-electron chi connectivity index (χ3n) is 1.19. The third kappa shape index (κ3) is 1.75. The molecule has 3 nitrogen and oxygen atoms in total. The molecule has 0 aliphatic heterocycles. The lowest BCUT2D eigenvalue weighted by atomic mass is 10.3. The van der Waals surface area contributed by atoms with Gasteiger partial charge in [0.1, 0.15) is 0 Å². The molecule has 1 aromatic rings. The summed E-state index contributed by atoms with van der Waals surface area (Å²) < 4.78 is 13.3. The van der Waals surface area contributed by atoms with Crippen LogP contribution in [0.4, 0.5) is 10.1 Å². The van der Waals surface area contributed by atoms with E-state index in [1.54, 1.807) is 0 Å². The van der Waals surface area contributed by atoms with Gasteiger partial charge in [0.15, 0.2) is 0 Å². The van der Waals surface area contributed by atoms with Crippen molar-refractivity contribution in [3.63, 3.8) is 0 Å². The molecule has 0 saturated carbocycles. The van der Waals surface area contributed by atoms with Gasteiger partial charge in [-0.2, -0.15) is 4.39 Å². The average Bonchev–Trinajstić information content (AvgIpc) is 1.82. The summed E-state index contributed by atoms with van der Waals surface area (Å²) in [7, 11) is 0. The van der Waals surface area contributed by atoms with Gasteiger partial charge in [-0.1, -0.05) is 15.9 Å². The van der Waals surface area contributed by atoms with Crippen LogP contribution in [0, 0.1) is 15.9 Å². The van der Waals surface area contributed by atoms with Crippen molar-refractivity contribution in [3.05, 3.63) is 32.5 Å². The van der Waals surface area contributed by atoms with Crippen molar-refractivity contribution in [2.24, 2.45) is 0 Å². The maximum atomic E-state index is 12.8. The van der Waals surface area contributed by atoms with E-state index in [0.717, 1.165) is 6.07 Å². The SMILES string of the molecule is O=[N+]([O-])c1c(F)cc(Br)cc1S. The van der Waals surface area contributed by atoms with E-state index in [-0.39, 0.29) is 4.90 Å². The summed E-state index contributed by atoms with van der Waals surface area (Å²) in [4.78, 5) is 9.46. The molecule has 0 saturated heterocycles. The summed E-state index contributed by atoms with van der Waals surface area (Å²) >= 11 is 6.75. The summed E-state index contributed by atoms with van der Waals surface area (Å²) in [6.45, 7) is 0. The van der Waals surface area contributed by atoms with Crippen LogP contribution in [0.5, 0.6) is 0 Å². The summed E-state index contributed by atoms with van der Waals surface area (Å²) in [5, 5.41) is 10.3. The molecule has 0 radical (unpaired) electrons. The second-order valence-corrected chi connectivity index (χ2v) is 3.41. The molecule has 0 bridgehead atoms. The first-order valence-corrected chi connectivity index (χ1v) is 4.09. The molecule has 0 aliphatic rings. The zero-order valence-electron chi connectivity index (χ0n) is 5.62. The molecular formula is C6H3BrFNO2S. The van der Waals surface area contributed by atoms with Gasteiger partial charge in [-0.05, 0) is 12.1 Å². The molecule has 0 aliphatic carbocycles. The van der Waals surface area contributed by atoms with Gasteiger partial charge in [0, 0.05) is 4.47 Å². The number of thiol groups is 1. The van der Waals surface area contributed by atoms with Gasteiger partial charge < -0.3 is 0 Å². The molecule has 0 spiro atoms. The van der Waals surface area contributed by atoms with Crippen LogP contribution in [0.15, 0.2) is 21.5 Å². The monoisotopic (exact) mass is 251 g/mol. The second-order valence-electron chi connectivity index (χ2n) is 2.01. The van der Waals surface area contributed by atoms with Crippen molar-refractivity contribution in [2.45, 2.75) is 4.90 Å². The molecule has 0 N–H and O–H groups in total. The van der Waals surface area contributed by atoms with Gasteiger partial charge >= 0.3 is 5.69 Å². The fourth-order valence-electron chi connectivity index (χ4n) is 0.733. The lowest BCUT2D eigenvalue weighted by Crippen LogP contribution is -1.93. The Labute approximate surface area is 81.3 Å². The molecule has 64 valence electrons. The van der Waals surface area contributed by atoms with Crippen LogP contribution < -0.4 is 0 Å². The zero-order valence-corrected chi connectivity index (χ0v) is 8.10. The Hall–Kier alpha value is -0.620. The standard InChI is InChI=1S/C6H3BrFNO2S/c7-3-1-4(8)6(9(10)11)5(12)2-3/h1-2,12H. The van der Waals surface area contributed by atoms with Crippen LogP contribution in [0.3, 0.4) is 0 Å². The molecule has 0 fully saturated rings. The summed E-state index contributed by atoms with van der Waals surface area (Å²) in [6, 6.07) is 2.39. The van der Waals surface area contributed by atoms with E-state index in [0.29, 0.717) is 4.47 Å². The Morgan fingerprint density at radius 1 is 1.58 bits per heavy atom. The number of nitrogens with zero attached hydrogens (tertiary/aromatic N) is 1. The minimum Gasteiger partial charge on any atom is -0.258 e. The Balaban J connectivity index is 3.38. The number of nitro groups is 1. The minimum absolute atomic E-state index is 0.00637. The first-order chi connectivity index (χ1) is 5.52. The van der Waals surface area contributed by atoms with E-state index in [2.05, 4.69) is 28.6 Å². The van der Waals surface area contributed by atoms with Crippen LogP contribution in [0.1, 0.15) is 0 Å².